The van der Waals surface area contributed by atoms with Gasteiger partial charge in [0.05, 0.1) is 6.54 Å². The zero-order chi connectivity index (χ0) is 11.4. The van der Waals surface area contributed by atoms with Crippen LogP contribution in [-0.4, -0.2) is 23.2 Å². The lowest BCUT2D eigenvalue weighted by Crippen LogP contribution is -2.46. The standard InChI is InChI=1S/C11H19NO2/c1-10(2,3)7-6-8-12-11(4,5)9(13)14/h12H,8H2,1-5H3,(H,13,14). The first-order valence-corrected chi connectivity index (χ1v) is 4.63. The lowest BCUT2D eigenvalue weighted by molar-refractivity contribution is -0.143. The van der Waals surface area contributed by atoms with Crippen molar-refractivity contribution in [1.82, 2.24) is 5.32 Å². The van der Waals surface area contributed by atoms with Gasteiger partial charge in [0.25, 0.3) is 0 Å². The van der Waals surface area contributed by atoms with Gasteiger partial charge >= 0.3 is 5.97 Å². The molecule has 0 aromatic rings. The molecule has 0 rings (SSSR count). The van der Waals surface area contributed by atoms with Crippen LogP contribution in [0.3, 0.4) is 0 Å². The Balaban J connectivity index is 4.07. The molecule has 0 spiro atoms. The van der Waals surface area contributed by atoms with Crippen LogP contribution >= 0.6 is 0 Å². The molecule has 0 saturated heterocycles. The Labute approximate surface area is 85.9 Å². The number of aliphatic carboxylic acids is 1. The summed E-state index contributed by atoms with van der Waals surface area (Å²) in [5.74, 6) is 5.07. The van der Waals surface area contributed by atoms with Crippen LogP contribution in [0.1, 0.15) is 34.6 Å². The largest absolute Gasteiger partial charge is 0.480 e. The summed E-state index contributed by atoms with van der Waals surface area (Å²) in [5, 5.41) is 11.6. The molecular formula is C11H19NO2. The molecule has 0 bridgehead atoms. The van der Waals surface area contributed by atoms with Crippen molar-refractivity contribution in [3.8, 4) is 11.8 Å². The Morgan fingerprint density at radius 3 is 2.14 bits per heavy atom. The highest BCUT2D eigenvalue weighted by molar-refractivity contribution is 5.77. The van der Waals surface area contributed by atoms with Gasteiger partial charge in [-0.1, -0.05) is 11.8 Å². The van der Waals surface area contributed by atoms with Crippen LogP contribution in [-0.2, 0) is 4.79 Å². The second-order valence-corrected chi connectivity index (χ2v) is 4.84. The van der Waals surface area contributed by atoms with E-state index in [9.17, 15) is 4.79 Å². The number of hydrogen-bond donors (Lipinski definition) is 2. The summed E-state index contributed by atoms with van der Waals surface area (Å²) in [4.78, 5) is 10.7. The van der Waals surface area contributed by atoms with E-state index >= 15 is 0 Å². The minimum atomic E-state index is -0.910. The Morgan fingerprint density at radius 1 is 1.29 bits per heavy atom. The molecule has 3 heteroatoms. The van der Waals surface area contributed by atoms with Crippen molar-refractivity contribution >= 4 is 5.97 Å². The minimum absolute atomic E-state index is 0.0327. The third-order valence-electron chi connectivity index (χ3n) is 1.62. The Hall–Kier alpha value is -1.01. The Kier molecular flexibility index (Phi) is 4.15. The van der Waals surface area contributed by atoms with Crippen molar-refractivity contribution < 1.29 is 9.90 Å². The van der Waals surface area contributed by atoms with Gasteiger partial charge in [-0.2, -0.15) is 0 Å². The first-order chi connectivity index (χ1) is 6.15. The molecule has 0 atom stereocenters. The quantitative estimate of drug-likeness (QED) is 0.674. The highest BCUT2D eigenvalue weighted by atomic mass is 16.4. The lowest BCUT2D eigenvalue weighted by Gasteiger charge is -2.19. The van der Waals surface area contributed by atoms with Gasteiger partial charge < -0.3 is 5.11 Å². The van der Waals surface area contributed by atoms with Crippen molar-refractivity contribution in [2.75, 3.05) is 6.54 Å². The zero-order valence-corrected chi connectivity index (χ0v) is 9.56. The number of hydrogen-bond acceptors (Lipinski definition) is 2. The molecule has 0 heterocycles. The predicted molar refractivity (Wildman–Crippen MR) is 56.9 cm³/mol. The molecule has 0 aliphatic rings. The highest BCUT2D eigenvalue weighted by Gasteiger charge is 2.25. The molecule has 0 aromatic carbocycles. The van der Waals surface area contributed by atoms with E-state index in [4.69, 9.17) is 5.11 Å². The Bertz CT molecular complexity index is 263. The van der Waals surface area contributed by atoms with Gasteiger partial charge in [-0.25, -0.2) is 0 Å². The maximum Gasteiger partial charge on any atom is 0.323 e. The van der Waals surface area contributed by atoms with Crippen LogP contribution < -0.4 is 5.32 Å². The smallest absolute Gasteiger partial charge is 0.323 e. The average molecular weight is 197 g/mol. The summed E-state index contributed by atoms with van der Waals surface area (Å²) >= 11 is 0. The van der Waals surface area contributed by atoms with Crippen molar-refractivity contribution in [2.45, 2.75) is 40.2 Å². The molecule has 0 amide bonds. The lowest BCUT2D eigenvalue weighted by atomic mass is 9.98. The fourth-order valence-electron chi connectivity index (χ4n) is 0.650. The van der Waals surface area contributed by atoms with E-state index in [0.717, 1.165) is 0 Å². The summed E-state index contributed by atoms with van der Waals surface area (Å²) < 4.78 is 0. The first kappa shape index (κ1) is 13.0. The third kappa shape index (κ3) is 5.60. The molecule has 3 nitrogen and oxygen atoms in total. The topological polar surface area (TPSA) is 49.3 Å². The van der Waals surface area contributed by atoms with E-state index in [1.165, 1.54) is 0 Å². The normalized spacial score (nSPS) is 11.8. The molecule has 0 aliphatic carbocycles. The fraction of sp³-hybridized carbons (Fsp3) is 0.727. The molecule has 0 unspecified atom stereocenters. The van der Waals surface area contributed by atoms with Gasteiger partial charge in [-0.15, -0.1) is 0 Å². The van der Waals surface area contributed by atoms with Crippen LogP contribution in [0.5, 0.6) is 0 Å². The Morgan fingerprint density at radius 2 is 1.79 bits per heavy atom. The second kappa shape index (κ2) is 4.47. The third-order valence-corrected chi connectivity index (χ3v) is 1.62. The summed E-state index contributed by atoms with van der Waals surface area (Å²) in [6, 6.07) is 0. The monoisotopic (exact) mass is 197 g/mol. The SMILES string of the molecule is CC(C)(C)C#CCNC(C)(C)C(=O)O. The average Bonchev–Trinajstić information content (AvgIpc) is 1.96. The first-order valence-electron chi connectivity index (χ1n) is 4.63. The van der Waals surface area contributed by atoms with Crippen molar-refractivity contribution in [2.24, 2.45) is 5.41 Å². The van der Waals surface area contributed by atoms with Gasteiger partial charge in [0, 0.05) is 5.41 Å². The van der Waals surface area contributed by atoms with Crippen molar-refractivity contribution in [1.29, 1.82) is 0 Å². The zero-order valence-electron chi connectivity index (χ0n) is 9.56. The van der Waals surface area contributed by atoms with Gasteiger partial charge in [0.1, 0.15) is 5.54 Å². The maximum atomic E-state index is 10.7. The van der Waals surface area contributed by atoms with Crippen LogP contribution in [0.2, 0.25) is 0 Å². The van der Waals surface area contributed by atoms with E-state index in [1.807, 2.05) is 20.8 Å². The molecular weight excluding hydrogens is 178 g/mol. The van der Waals surface area contributed by atoms with Crippen LogP contribution in [0, 0.1) is 17.3 Å². The van der Waals surface area contributed by atoms with Crippen LogP contribution in [0.25, 0.3) is 0 Å². The van der Waals surface area contributed by atoms with E-state index in [-0.39, 0.29) is 5.41 Å². The molecule has 80 valence electrons. The van der Waals surface area contributed by atoms with Gasteiger partial charge in [-0.3, -0.25) is 10.1 Å². The van der Waals surface area contributed by atoms with Crippen LogP contribution in [0.4, 0.5) is 0 Å². The summed E-state index contributed by atoms with van der Waals surface area (Å²) in [7, 11) is 0. The van der Waals surface area contributed by atoms with E-state index < -0.39 is 11.5 Å². The summed E-state index contributed by atoms with van der Waals surface area (Å²) in [6.07, 6.45) is 0. The summed E-state index contributed by atoms with van der Waals surface area (Å²) in [5.41, 5.74) is -0.943. The second-order valence-electron chi connectivity index (χ2n) is 4.84. The minimum Gasteiger partial charge on any atom is -0.480 e. The highest BCUT2D eigenvalue weighted by Crippen LogP contribution is 2.09. The van der Waals surface area contributed by atoms with Gasteiger partial charge in [-0.05, 0) is 34.6 Å². The molecule has 0 fully saturated rings. The van der Waals surface area contributed by atoms with Gasteiger partial charge in [0.15, 0.2) is 0 Å². The number of carboxylic acids is 1. The fourth-order valence-corrected chi connectivity index (χ4v) is 0.650. The number of carbonyl (C=O) groups is 1. The maximum absolute atomic E-state index is 10.7. The molecule has 0 aliphatic heterocycles. The van der Waals surface area contributed by atoms with E-state index in [1.54, 1.807) is 13.8 Å². The number of nitrogens with one attached hydrogen (secondary N) is 1. The molecule has 0 aromatic heterocycles. The van der Waals surface area contributed by atoms with Crippen LogP contribution in [0.15, 0.2) is 0 Å². The predicted octanol–water partition coefficient (Wildman–Crippen LogP) is 1.49. The summed E-state index contributed by atoms with van der Waals surface area (Å²) in [6.45, 7) is 9.69. The van der Waals surface area contributed by atoms with Crippen molar-refractivity contribution in [3.63, 3.8) is 0 Å². The van der Waals surface area contributed by atoms with Gasteiger partial charge in [0.2, 0.25) is 0 Å². The van der Waals surface area contributed by atoms with E-state index in [2.05, 4.69) is 17.2 Å². The van der Waals surface area contributed by atoms with E-state index in [0.29, 0.717) is 6.54 Å². The molecule has 2 N–H and O–H groups in total. The molecule has 0 radical (unpaired) electrons. The number of carboxylic acid groups (broad SMARTS) is 1. The van der Waals surface area contributed by atoms with Crippen molar-refractivity contribution in [3.05, 3.63) is 0 Å². The molecule has 0 saturated carbocycles. The number of rotatable bonds is 3. The molecule has 14 heavy (non-hydrogen) atoms.